The normalized spacial score (nSPS) is 20.4. The van der Waals surface area contributed by atoms with Gasteiger partial charge >= 0.3 is 0 Å². The molecule has 1 unspecified atom stereocenters. The van der Waals surface area contributed by atoms with Gasteiger partial charge in [0.15, 0.2) is 11.5 Å². The minimum absolute atomic E-state index is 0.0221. The maximum absolute atomic E-state index is 13.0. The lowest BCUT2D eigenvalue weighted by Gasteiger charge is -2.34. The molecule has 0 bridgehead atoms. The number of ether oxygens (including phenoxy) is 3. The van der Waals surface area contributed by atoms with Crippen molar-refractivity contribution in [2.45, 2.75) is 19.3 Å². The molecule has 1 N–H and O–H groups in total. The van der Waals surface area contributed by atoms with E-state index in [0.717, 1.165) is 32.1 Å². The van der Waals surface area contributed by atoms with Crippen molar-refractivity contribution in [3.63, 3.8) is 0 Å². The minimum atomic E-state index is 0.0221. The number of amides is 1. The van der Waals surface area contributed by atoms with E-state index < -0.39 is 0 Å². The van der Waals surface area contributed by atoms with Gasteiger partial charge in [-0.2, -0.15) is 0 Å². The van der Waals surface area contributed by atoms with Gasteiger partial charge in [-0.25, -0.2) is 0 Å². The number of benzene rings is 1. The Morgan fingerprint density at radius 1 is 1.07 bits per heavy atom. The molecule has 1 saturated heterocycles. The number of hydrogen-bond acceptors (Lipinski definition) is 4. The highest BCUT2D eigenvalue weighted by Crippen LogP contribution is 2.38. The van der Waals surface area contributed by atoms with Gasteiger partial charge in [0, 0.05) is 11.5 Å². The number of methoxy groups -OCH3 is 3. The largest absolute Gasteiger partial charge is 0.493 e. The molecule has 6 heteroatoms. The lowest BCUT2D eigenvalue weighted by molar-refractivity contribution is -0.907. The van der Waals surface area contributed by atoms with Crippen molar-refractivity contribution >= 4 is 5.91 Å². The molecule has 0 radical (unpaired) electrons. The second-order valence-corrected chi connectivity index (χ2v) is 7.31. The van der Waals surface area contributed by atoms with Gasteiger partial charge in [0.1, 0.15) is 0 Å². The Morgan fingerprint density at radius 2 is 1.74 bits per heavy atom. The first-order valence-corrected chi connectivity index (χ1v) is 9.74. The molecule has 2 aliphatic rings. The molecule has 1 aromatic carbocycles. The average molecular weight is 375 g/mol. The third kappa shape index (κ3) is 4.56. The molecule has 0 saturated carbocycles. The number of quaternary nitrogens is 1. The number of allylic oxidation sites excluding steroid dienone is 2. The van der Waals surface area contributed by atoms with Gasteiger partial charge in [0.2, 0.25) is 5.75 Å². The van der Waals surface area contributed by atoms with Crippen LogP contribution in [0.1, 0.15) is 29.6 Å². The Kier molecular flexibility index (Phi) is 6.61. The maximum Gasteiger partial charge on any atom is 0.254 e. The van der Waals surface area contributed by atoms with Gasteiger partial charge < -0.3 is 24.0 Å². The molecular weight excluding hydrogens is 344 g/mol. The Balaban J connectivity index is 1.62. The van der Waals surface area contributed by atoms with Gasteiger partial charge in [-0.1, -0.05) is 12.2 Å². The standard InChI is InChI=1S/C21H30N2O4/c1-25-18-13-17(14-19(26-2)20(18)27-3)21(24)23-11-9-22(10-12-23)15-16-7-5-4-6-8-16/h4-5,13-14,16H,6-12,15H2,1-3H3/p+1. The summed E-state index contributed by atoms with van der Waals surface area (Å²) in [6.07, 6.45) is 8.33. The Labute approximate surface area is 161 Å². The van der Waals surface area contributed by atoms with Crippen LogP contribution in [0, 0.1) is 5.92 Å². The number of carbonyl (C=O) groups excluding carboxylic acids is 1. The van der Waals surface area contributed by atoms with E-state index in [2.05, 4.69) is 12.2 Å². The molecule has 3 rings (SSSR count). The highest BCUT2D eigenvalue weighted by Gasteiger charge is 2.28. The summed E-state index contributed by atoms with van der Waals surface area (Å²) in [5.41, 5.74) is 0.574. The van der Waals surface area contributed by atoms with E-state index in [4.69, 9.17) is 14.2 Å². The molecule has 1 heterocycles. The summed E-state index contributed by atoms with van der Waals surface area (Å²) in [5, 5.41) is 0. The van der Waals surface area contributed by atoms with Gasteiger partial charge in [-0.3, -0.25) is 4.79 Å². The topological polar surface area (TPSA) is 52.4 Å². The number of carbonyl (C=O) groups is 1. The van der Waals surface area contributed by atoms with Crippen LogP contribution < -0.4 is 19.1 Å². The Morgan fingerprint density at radius 3 is 2.26 bits per heavy atom. The number of nitrogens with one attached hydrogen (secondary N) is 1. The molecule has 6 nitrogen and oxygen atoms in total. The van der Waals surface area contributed by atoms with Crippen LogP contribution in [0.15, 0.2) is 24.3 Å². The second-order valence-electron chi connectivity index (χ2n) is 7.31. The van der Waals surface area contributed by atoms with E-state index in [-0.39, 0.29) is 5.91 Å². The summed E-state index contributed by atoms with van der Waals surface area (Å²) < 4.78 is 16.1. The van der Waals surface area contributed by atoms with Gasteiger partial charge in [-0.15, -0.1) is 0 Å². The smallest absolute Gasteiger partial charge is 0.254 e. The monoisotopic (exact) mass is 375 g/mol. The van der Waals surface area contributed by atoms with Crippen LogP contribution in [0.2, 0.25) is 0 Å². The fourth-order valence-electron chi connectivity index (χ4n) is 4.07. The second kappa shape index (κ2) is 9.13. The van der Waals surface area contributed by atoms with Crippen LogP contribution >= 0.6 is 0 Å². The van der Waals surface area contributed by atoms with Crippen LogP contribution in [0.3, 0.4) is 0 Å². The zero-order chi connectivity index (χ0) is 19.2. The summed E-state index contributed by atoms with van der Waals surface area (Å²) in [6.45, 7) is 4.81. The van der Waals surface area contributed by atoms with Crippen molar-refractivity contribution < 1.29 is 23.9 Å². The highest BCUT2D eigenvalue weighted by molar-refractivity contribution is 5.95. The van der Waals surface area contributed by atoms with E-state index in [1.807, 2.05) is 4.90 Å². The maximum atomic E-state index is 13.0. The van der Waals surface area contributed by atoms with E-state index in [9.17, 15) is 4.79 Å². The van der Waals surface area contributed by atoms with E-state index in [1.54, 1.807) is 38.4 Å². The number of hydrogen-bond donors (Lipinski definition) is 1. The van der Waals surface area contributed by atoms with Crippen molar-refractivity contribution in [3.8, 4) is 17.2 Å². The molecule has 1 fully saturated rings. The molecule has 0 aromatic heterocycles. The first-order chi connectivity index (χ1) is 13.2. The molecule has 0 spiro atoms. The van der Waals surface area contributed by atoms with Gasteiger partial charge in [-0.05, 0) is 31.4 Å². The first kappa shape index (κ1) is 19.5. The van der Waals surface area contributed by atoms with Gasteiger partial charge in [0.25, 0.3) is 5.91 Å². The average Bonchev–Trinajstić information content (AvgIpc) is 2.73. The molecular formula is C21H31N2O4+. The predicted molar refractivity (Wildman–Crippen MR) is 104 cm³/mol. The SMILES string of the molecule is COc1cc(C(=O)N2CC[NH+](CC3CC=CCC3)CC2)cc(OC)c1OC. The summed E-state index contributed by atoms with van der Waals surface area (Å²) in [7, 11) is 4.69. The fourth-order valence-corrected chi connectivity index (χ4v) is 4.07. The van der Waals surface area contributed by atoms with Crippen LogP contribution in [0.4, 0.5) is 0 Å². The van der Waals surface area contributed by atoms with Crippen molar-refractivity contribution in [1.29, 1.82) is 0 Å². The highest BCUT2D eigenvalue weighted by atomic mass is 16.5. The molecule has 1 amide bonds. The number of piperazine rings is 1. The molecule has 1 aliphatic heterocycles. The fraction of sp³-hybridized carbons (Fsp3) is 0.571. The molecule has 27 heavy (non-hydrogen) atoms. The third-order valence-electron chi connectivity index (χ3n) is 5.62. The Bertz CT molecular complexity index is 656. The molecule has 1 aliphatic carbocycles. The van der Waals surface area contributed by atoms with Crippen molar-refractivity contribution in [3.05, 3.63) is 29.8 Å². The van der Waals surface area contributed by atoms with Crippen molar-refractivity contribution in [1.82, 2.24) is 4.90 Å². The summed E-state index contributed by atoms with van der Waals surface area (Å²) in [5.74, 6) is 2.34. The zero-order valence-electron chi connectivity index (χ0n) is 16.6. The quantitative estimate of drug-likeness (QED) is 0.764. The van der Waals surface area contributed by atoms with Crippen molar-refractivity contribution in [2.75, 3.05) is 54.1 Å². The van der Waals surface area contributed by atoms with Crippen LogP contribution in [0.25, 0.3) is 0 Å². The van der Waals surface area contributed by atoms with Crippen LogP contribution in [0.5, 0.6) is 17.2 Å². The number of nitrogens with zero attached hydrogens (tertiary/aromatic N) is 1. The van der Waals surface area contributed by atoms with Crippen LogP contribution in [-0.4, -0.2) is 64.9 Å². The molecule has 148 valence electrons. The summed E-state index contributed by atoms with van der Waals surface area (Å²) in [6, 6.07) is 3.47. The predicted octanol–water partition coefficient (Wildman–Crippen LogP) is 1.41. The van der Waals surface area contributed by atoms with E-state index >= 15 is 0 Å². The summed E-state index contributed by atoms with van der Waals surface area (Å²) in [4.78, 5) is 16.5. The molecule has 1 aromatic rings. The lowest BCUT2D eigenvalue weighted by atomic mass is 9.94. The third-order valence-corrected chi connectivity index (χ3v) is 5.62. The first-order valence-electron chi connectivity index (χ1n) is 9.74. The van der Waals surface area contributed by atoms with Gasteiger partial charge in [0.05, 0.1) is 54.1 Å². The lowest BCUT2D eigenvalue weighted by Crippen LogP contribution is -3.15. The Hall–Kier alpha value is -2.21. The van der Waals surface area contributed by atoms with Crippen LogP contribution in [-0.2, 0) is 0 Å². The number of rotatable bonds is 6. The van der Waals surface area contributed by atoms with Crippen molar-refractivity contribution in [2.24, 2.45) is 5.92 Å². The van der Waals surface area contributed by atoms with E-state index in [0.29, 0.717) is 22.8 Å². The summed E-state index contributed by atoms with van der Waals surface area (Å²) >= 11 is 0. The minimum Gasteiger partial charge on any atom is -0.493 e. The van der Waals surface area contributed by atoms with E-state index in [1.165, 1.54) is 25.8 Å². The molecule has 1 atom stereocenters. The zero-order valence-corrected chi connectivity index (χ0v) is 16.6.